The van der Waals surface area contributed by atoms with Gasteiger partial charge >= 0.3 is 0 Å². The summed E-state index contributed by atoms with van der Waals surface area (Å²) >= 11 is 1.74. The van der Waals surface area contributed by atoms with E-state index in [1.54, 1.807) is 11.3 Å². The minimum atomic E-state index is -3.13. The predicted molar refractivity (Wildman–Crippen MR) is 81.1 cm³/mol. The molecule has 0 amide bonds. The van der Waals surface area contributed by atoms with E-state index in [1.807, 2.05) is 12.1 Å². The summed E-state index contributed by atoms with van der Waals surface area (Å²) in [6.45, 7) is 2.50. The van der Waals surface area contributed by atoms with Crippen molar-refractivity contribution in [3.8, 4) is 0 Å². The topological polar surface area (TPSA) is 58.2 Å². The molecule has 4 nitrogen and oxygen atoms in total. The van der Waals surface area contributed by atoms with Crippen molar-refractivity contribution in [2.45, 2.75) is 13.0 Å². The number of fused-ring (bicyclic) bond motifs is 1. The molecule has 104 valence electrons. The van der Waals surface area contributed by atoms with Crippen molar-refractivity contribution in [3.05, 3.63) is 35.2 Å². The first-order valence-electron chi connectivity index (χ1n) is 6.15. The molecule has 0 radical (unpaired) electrons. The van der Waals surface area contributed by atoms with Crippen LogP contribution in [0.1, 0.15) is 17.8 Å². The van der Waals surface area contributed by atoms with Gasteiger partial charge in [0.2, 0.25) is 10.0 Å². The fraction of sp³-hybridized carbons (Fsp3) is 0.385. The zero-order valence-electron chi connectivity index (χ0n) is 11.0. The highest BCUT2D eigenvalue weighted by molar-refractivity contribution is 7.89. The molecular weight excluding hydrogens is 280 g/mol. The van der Waals surface area contributed by atoms with Crippen LogP contribution in [0.5, 0.6) is 0 Å². The van der Waals surface area contributed by atoms with Crippen molar-refractivity contribution in [1.82, 2.24) is 10.0 Å². The Kier molecular flexibility index (Phi) is 4.57. The van der Waals surface area contributed by atoms with Crippen LogP contribution in [0.4, 0.5) is 0 Å². The van der Waals surface area contributed by atoms with Crippen LogP contribution in [0.15, 0.2) is 30.3 Å². The average molecular weight is 298 g/mol. The van der Waals surface area contributed by atoms with Gasteiger partial charge in [-0.1, -0.05) is 18.2 Å². The highest BCUT2D eigenvalue weighted by atomic mass is 32.2. The molecule has 19 heavy (non-hydrogen) atoms. The fourth-order valence-electron chi connectivity index (χ4n) is 1.83. The van der Waals surface area contributed by atoms with Gasteiger partial charge in [-0.05, 0) is 31.5 Å². The van der Waals surface area contributed by atoms with Crippen LogP contribution in [0.25, 0.3) is 10.1 Å². The number of hydrogen-bond acceptors (Lipinski definition) is 4. The third-order valence-corrected chi connectivity index (χ3v) is 5.67. The van der Waals surface area contributed by atoms with Crippen molar-refractivity contribution >= 4 is 31.4 Å². The largest absolute Gasteiger partial charge is 0.308 e. The first-order chi connectivity index (χ1) is 9.02. The van der Waals surface area contributed by atoms with Crippen LogP contribution in [0.3, 0.4) is 0 Å². The van der Waals surface area contributed by atoms with Crippen LogP contribution >= 0.6 is 11.3 Å². The van der Waals surface area contributed by atoms with Crippen molar-refractivity contribution in [1.29, 1.82) is 0 Å². The van der Waals surface area contributed by atoms with Gasteiger partial charge in [0.05, 0.1) is 5.75 Å². The van der Waals surface area contributed by atoms with Crippen LogP contribution in [-0.4, -0.2) is 27.8 Å². The van der Waals surface area contributed by atoms with E-state index in [2.05, 4.69) is 35.2 Å². The Balaban J connectivity index is 1.98. The van der Waals surface area contributed by atoms with Crippen LogP contribution in [-0.2, 0) is 10.0 Å². The molecule has 0 saturated heterocycles. The monoisotopic (exact) mass is 298 g/mol. The molecule has 0 spiro atoms. The number of rotatable bonds is 6. The average Bonchev–Trinajstić information content (AvgIpc) is 2.82. The molecule has 1 aromatic heterocycles. The molecule has 1 unspecified atom stereocenters. The molecule has 0 aliphatic carbocycles. The molecule has 0 aliphatic rings. The zero-order valence-corrected chi connectivity index (χ0v) is 12.6. The van der Waals surface area contributed by atoms with E-state index in [-0.39, 0.29) is 11.8 Å². The Bertz CT molecular complexity index is 616. The fourth-order valence-corrected chi connectivity index (χ4v) is 3.51. The Morgan fingerprint density at radius 2 is 2.05 bits per heavy atom. The lowest BCUT2D eigenvalue weighted by Gasteiger charge is -2.11. The van der Waals surface area contributed by atoms with E-state index in [0.29, 0.717) is 6.54 Å². The van der Waals surface area contributed by atoms with Crippen molar-refractivity contribution in [2.75, 3.05) is 19.3 Å². The summed E-state index contributed by atoms with van der Waals surface area (Å²) in [7, 11) is -1.70. The van der Waals surface area contributed by atoms with Crippen LogP contribution in [0.2, 0.25) is 0 Å². The number of nitrogens with one attached hydrogen (secondary N) is 2. The maximum atomic E-state index is 11.3. The summed E-state index contributed by atoms with van der Waals surface area (Å²) < 4.78 is 26.2. The molecule has 0 fully saturated rings. The highest BCUT2D eigenvalue weighted by Gasteiger charge is 2.11. The number of thiophene rings is 1. The van der Waals surface area contributed by atoms with E-state index in [0.717, 1.165) is 0 Å². The molecule has 0 saturated carbocycles. The summed E-state index contributed by atoms with van der Waals surface area (Å²) in [4.78, 5) is 1.23. The highest BCUT2D eigenvalue weighted by Crippen LogP contribution is 2.29. The molecule has 1 atom stereocenters. The van der Waals surface area contributed by atoms with Crippen LogP contribution in [0, 0.1) is 0 Å². The van der Waals surface area contributed by atoms with Gasteiger partial charge in [0, 0.05) is 22.2 Å². The Morgan fingerprint density at radius 1 is 1.32 bits per heavy atom. The van der Waals surface area contributed by atoms with E-state index in [4.69, 9.17) is 0 Å². The third kappa shape index (κ3) is 3.76. The minimum absolute atomic E-state index is 0.0960. The van der Waals surface area contributed by atoms with Crippen LogP contribution < -0.4 is 10.0 Å². The summed E-state index contributed by atoms with van der Waals surface area (Å²) in [5, 5.41) is 4.48. The first-order valence-corrected chi connectivity index (χ1v) is 8.62. The molecular formula is C13H18N2O2S2. The molecule has 0 aliphatic heterocycles. The first kappa shape index (κ1) is 14.5. The smallest absolute Gasteiger partial charge is 0.212 e. The van der Waals surface area contributed by atoms with E-state index in [1.165, 1.54) is 22.0 Å². The van der Waals surface area contributed by atoms with Crippen molar-refractivity contribution in [3.63, 3.8) is 0 Å². The number of hydrogen-bond donors (Lipinski definition) is 2. The maximum absolute atomic E-state index is 11.3. The summed E-state index contributed by atoms with van der Waals surface area (Å²) in [5.74, 6) is 0.0960. The third-order valence-electron chi connectivity index (χ3n) is 3.00. The normalized spacial score (nSPS) is 13.8. The summed E-state index contributed by atoms with van der Waals surface area (Å²) in [5.41, 5.74) is 0. The lowest BCUT2D eigenvalue weighted by Crippen LogP contribution is -2.30. The van der Waals surface area contributed by atoms with Gasteiger partial charge in [-0.2, -0.15) is 0 Å². The Hall–Kier alpha value is -0.950. The zero-order chi connectivity index (χ0) is 13.9. The molecule has 1 heterocycles. The predicted octanol–water partition coefficient (Wildman–Crippen LogP) is 2.10. The molecule has 0 bridgehead atoms. The van der Waals surface area contributed by atoms with E-state index < -0.39 is 10.0 Å². The second kappa shape index (κ2) is 6.00. The second-order valence-corrected chi connectivity index (χ2v) is 7.55. The maximum Gasteiger partial charge on any atom is 0.212 e. The van der Waals surface area contributed by atoms with Gasteiger partial charge in [0.1, 0.15) is 0 Å². The number of sulfonamides is 1. The molecule has 1 aromatic carbocycles. The molecule has 6 heteroatoms. The van der Waals surface area contributed by atoms with Gasteiger partial charge in [0.15, 0.2) is 0 Å². The number of benzene rings is 1. The van der Waals surface area contributed by atoms with Gasteiger partial charge in [-0.15, -0.1) is 11.3 Å². The lowest BCUT2D eigenvalue weighted by atomic mass is 10.2. The van der Waals surface area contributed by atoms with Crippen molar-refractivity contribution < 1.29 is 8.42 Å². The van der Waals surface area contributed by atoms with Gasteiger partial charge in [-0.25, -0.2) is 13.1 Å². The van der Waals surface area contributed by atoms with Crippen molar-refractivity contribution in [2.24, 2.45) is 0 Å². The molecule has 2 N–H and O–H groups in total. The van der Waals surface area contributed by atoms with Gasteiger partial charge < -0.3 is 5.32 Å². The van der Waals surface area contributed by atoms with E-state index in [9.17, 15) is 8.42 Å². The van der Waals surface area contributed by atoms with E-state index >= 15 is 0 Å². The quantitative estimate of drug-likeness (QED) is 0.858. The SMILES string of the molecule is CNS(=O)(=O)CCNC(C)c1cc2ccccc2s1. The lowest BCUT2D eigenvalue weighted by molar-refractivity contribution is 0.570. The van der Waals surface area contributed by atoms with Gasteiger partial charge in [-0.3, -0.25) is 0 Å². The minimum Gasteiger partial charge on any atom is -0.308 e. The standard InChI is InChI=1S/C13H18N2O2S2/c1-10(15-7-8-19(16,17)14-2)13-9-11-5-3-4-6-12(11)18-13/h3-6,9-10,14-15H,7-8H2,1-2H3. The second-order valence-electron chi connectivity index (χ2n) is 4.39. The summed E-state index contributed by atoms with van der Waals surface area (Å²) in [6.07, 6.45) is 0. The molecule has 2 aromatic rings. The molecule has 2 rings (SSSR count). The Labute approximate surface area is 117 Å². The Morgan fingerprint density at radius 3 is 2.74 bits per heavy atom. The summed E-state index contributed by atoms with van der Waals surface area (Å²) in [6, 6.07) is 10.6. The van der Waals surface area contributed by atoms with Gasteiger partial charge in [0.25, 0.3) is 0 Å².